The summed E-state index contributed by atoms with van der Waals surface area (Å²) in [5.74, 6) is 2.66. The molecule has 90 valence electrons. The molecular formula is C14H17NOS. The topological polar surface area (TPSA) is 20.3 Å². The smallest absolute Gasteiger partial charge is 0.264 e. The highest BCUT2D eigenvalue weighted by molar-refractivity contribution is 7.14. The summed E-state index contributed by atoms with van der Waals surface area (Å²) in [6.45, 7) is 3.21. The molecule has 1 aliphatic rings. The van der Waals surface area contributed by atoms with Crippen LogP contribution in [0.15, 0.2) is 6.07 Å². The molecule has 17 heavy (non-hydrogen) atoms. The molecule has 1 aliphatic carbocycles. The van der Waals surface area contributed by atoms with Gasteiger partial charge in [0.2, 0.25) is 0 Å². The molecular weight excluding hydrogens is 230 g/mol. The van der Waals surface area contributed by atoms with Crippen LogP contribution >= 0.6 is 11.3 Å². The third-order valence-electron chi connectivity index (χ3n) is 3.02. The van der Waals surface area contributed by atoms with E-state index in [1.807, 2.05) is 0 Å². The third-order valence-corrected chi connectivity index (χ3v) is 4.25. The van der Waals surface area contributed by atoms with E-state index < -0.39 is 0 Å². The van der Waals surface area contributed by atoms with E-state index in [2.05, 4.69) is 18.9 Å². The van der Waals surface area contributed by atoms with Gasteiger partial charge in [-0.1, -0.05) is 12.8 Å². The van der Waals surface area contributed by atoms with Gasteiger partial charge in [0, 0.05) is 11.4 Å². The van der Waals surface area contributed by atoms with Crippen LogP contribution in [-0.4, -0.2) is 23.9 Å². The number of terminal acetylenes is 1. The molecule has 0 spiro atoms. The molecule has 1 heterocycles. The Morgan fingerprint density at radius 3 is 3.06 bits per heavy atom. The molecule has 0 radical (unpaired) electrons. The maximum Gasteiger partial charge on any atom is 0.264 e. The summed E-state index contributed by atoms with van der Waals surface area (Å²) in [6, 6.07) is 2.06. The third kappa shape index (κ3) is 2.53. The van der Waals surface area contributed by atoms with Crippen LogP contribution in [0.3, 0.4) is 0 Å². The summed E-state index contributed by atoms with van der Waals surface area (Å²) in [5.41, 5.74) is 1.37. The zero-order valence-electron chi connectivity index (χ0n) is 10.2. The van der Waals surface area contributed by atoms with Crippen molar-refractivity contribution in [1.82, 2.24) is 4.90 Å². The zero-order chi connectivity index (χ0) is 12.3. The predicted molar refractivity (Wildman–Crippen MR) is 71.4 cm³/mol. The number of hydrogen-bond acceptors (Lipinski definition) is 2. The highest BCUT2D eigenvalue weighted by atomic mass is 32.1. The molecule has 0 bridgehead atoms. The molecule has 0 N–H and O–H groups in total. The van der Waals surface area contributed by atoms with Gasteiger partial charge in [-0.2, -0.15) is 0 Å². The van der Waals surface area contributed by atoms with Gasteiger partial charge in [0.05, 0.1) is 11.4 Å². The Morgan fingerprint density at radius 2 is 2.41 bits per heavy atom. The lowest BCUT2D eigenvalue weighted by atomic mass is 10.2. The van der Waals surface area contributed by atoms with E-state index >= 15 is 0 Å². The van der Waals surface area contributed by atoms with E-state index in [0.29, 0.717) is 6.54 Å². The van der Waals surface area contributed by atoms with Crippen LogP contribution in [0, 0.1) is 12.3 Å². The molecule has 0 aromatic carbocycles. The van der Waals surface area contributed by atoms with Crippen LogP contribution in [0.4, 0.5) is 0 Å². The molecule has 1 amide bonds. The maximum atomic E-state index is 12.3. The molecule has 0 saturated heterocycles. The summed E-state index contributed by atoms with van der Waals surface area (Å²) in [4.78, 5) is 16.3. The van der Waals surface area contributed by atoms with Crippen molar-refractivity contribution in [3.05, 3.63) is 21.4 Å². The number of hydrogen-bond donors (Lipinski definition) is 0. The number of rotatable bonds is 4. The van der Waals surface area contributed by atoms with Crippen molar-refractivity contribution in [1.29, 1.82) is 0 Å². The summed E-state index contributed by atoms with van der Waals surface area (Å²) in [6.07, 6.45) is 9.75. The Balaban J connectivity index is 2.14. The first-order valence-electron chi connectivity index (χ1n) is 6.10. The maximum absolute atomic E-state index is 12.3. The molecule has 0 saturated carbocycles. The minimum absolute atomic E-state index is 0.101. The Hall–Kier alpha value is -1.27. The van der Waals surface area contributed by atoms with Gasteiger partial charge in [-0.15, -0.1) is 17.8 Å². The lowest BCUT2D eigenvalue weighted by Crippen LogP contribution is -2.31. The first-order chi connectivity index (χ1) is 8.26. The second-order valence-corrected chi connectivity index (χ2v) is 5.48. The minimum Gasteiger partial charge on any atom is -0.327 e. The fourth-order valence-corrected chi connectivity index (χ4v) is 3.44. The largest absolute Gasteiger partial charge is 0.327 e. The molecule has 2 nitrogen and oxygen atoms in total. The molecule has 0 fully saturated rings. The number of carbonyl (C=O) groups excluding carboxylic acids is 1. The van der Waals surface area contributed by atoms with Gasteiger partial charge in [-0.3, -0.25) is 4.79 Å². The summed E-state index contributed by atoms with van der Waals surface area (Å²) < 4.78 is 0. The minimum atomic E-state index is 0.101. The van der Waals surface area contributed by atoms with Crippen molar-refractivity contribution in [2.45, 2.75) is 32.6 Å². The summed E-state index contributed by atoms with van der Waals surface area (Å²) in [5, 5.41) is 0. The zero-order valence-corrected chi connectivity index (χ0v) is 11.0. The van der Waals surface area contributed by atoms with Crippen LogP contribution < -0.4 is 0 Å². The van der Waals surface area contributed by atoms with Crippen molar-refractivity contribution in [2.75, 3.05) is 13.1 Å². The lowest BCUT2D eigenvalue weighted by Gasteiger charge is -2.18. The van der Waals surface area contributed by atoms with Gasteiger partial charge in [-0.25, -0.2) is 0 Å². The summed E-state index contributed by atoms with van der Waals surface area (Å²) >= 11 is 1.65. The Morgan fingerprint density at radius 1 is 1.59 bits per heavy atom. The predicted octanol–water partition coefficient (Wildman–Crippen LogP) is 2.72. The molecule has 0 unspecified atom stereocenters. The molecule has 1 aromatic heterocycles. The molecule has 2 rings (SSSR count). The van der Waals surface area contributed by atoms with Crippen molar-refractivity contribution in [3.8, 4) is 12.3 Å². The van der Waals surface area contributed by atoms with Crippen LogP contribution in [0.1, 0.15) is 39.9 Å². The first-order valence-corrected chi connectivity index (χ1v) is 6.92. The van der Waals surface area contributed by atoms with Crippen molar-refractivity contribution in [3.63, 3.8) is 0 Å². The lowest BCUT2D eigenvalue weighted by molar-refractivity contribution is 0.0781. The number of fused-ring (bicyclic) bond motifs is 1. The van der Waals surface area contributed by atoms with Gasteiger partial charge in [0.25, 0.3) is 5.91 Å². The van der Waals surface area contributed by atoms with E-state index in [4.69, 9.17) is 6.42 Å². The van der Waals surface area contributed by atoms with Crippen LogP contribution in [-0.2, 0) is 12.8 Å². The average Bonchev–Trinajstić information content (AvgIpc) is 2.87. The quantitative estimate of drug-likeness (QED) is 0.749. The monoisotopic (exact) mass is 247 g/mol. The number of carbonyl (C=O) groups is 1. The van der Waals surface area contributed by atoms with E-state index in [1.165, 1.54) is 16.9 Å². The Bertz CT molecular complexity index is 434. The van der Waals surface area contributed by atoms with Crippen molar-refractivity contribution >= 4 is 17.2 Å². The molecule has 0 atom stereocenters. The van der Waals surface area contributed by atoms with Gasteiger partial charge in [-0.05, 0) is 37.3 Å². The fraction of sp³-hybridized carbons (Fsp3) is 0.500. The Kier molecular flexibility index (Phi) is 3.86. The van der Waals surface area contributed by atoms with Gasteiger partial charge < -0.3 is 4.90 Å². The highest BCUT2D eigenvalue weighted by Crippen LogP contribution is 2.31. The standard InChI is InChI=1S/C14H17NOS/c1-3-8-15(9-4-2)14(16)13-10-11-6-5-7-12(11)17-13/h1,10H,4-9H2,2H3. The van der Waals surface area contributed by atoms with Gasteiger partial charge in [0.15, 0.2) is 0 Å². The van der Waals surface area contributed by atoms with Crippen LogP contribution in [0.2, 0.25) is 0 Å². The van der Waals surface area contributed by atoms with Crippen LogP contribution in [0.25, 0.3) is 0 Å². The normalized spacial score (nSPS) is 13.2. The van der Waals surface area contributed by atoms with E-state index in [0.717, 1.165) is 30.7 Å². The van der Waals surface area contributed by atoms with E-state index in [9.17, 15) is 4.79 Å². The molecule has 0 aliphatic heterocycles. The average molecular weight is 247 g/mol. The van der Waals surface area contributed by atoms with Crippen molar-refractivity contribution in [2.24, 2.45) is 0 Å². The van der Waals surface area contributed by atoms with Gasteiger partial charge >= 0.3 is 0 Å². The fourth-order valence-electron chi connectivity index (χ4n) is 2.22. The number of amides is 1. The van der Waals surface area contributed by atoms with E-state index in [-0.39, 0.29) is 5.91 Å². The Labute approximate surface area is 107 Å². The SMILES string of the molecule is C#CCN(CCC)C(=O)c1cc2c(s1)CCC2. The second kappa shape index (κ2) is 5.37. The molecule has 3 heteroatoms. The first kappa shape index (κ1) is 12.2. The summed E-state index contributed by atoms with van der Waals surface area (Å²) in [7, 11) is 0. The number of aryl methyl sites for hydroxylation is 2. The van der Waals surface area contributed by atoms with Gasteiger partial charge in [0.1, 0.15) is 0 Å². The number of thiophene rings is 1. The molecule has 1 aromatic rings. The van der Waals surface area contributed by atoms with Crippen LogP contribution in [0.5, 0.6) is 0 Å². The van der Waals surface area contributed by atoms with E-state index in [1.54, 1.807) is 16.2 Å². The second-order valence-electron chi connectivity index (χ2n) is 4.34. The van der Waals surface area contributed by atoms with Crippen molar-refractivity contribution < 1.29 is 4.79 Å². The number of nitrogens with zero attached hydrogens (tertiary/aromatic N) is 1. The highest BCUT2D eigenvalue weighted by Gasteiger charge is 2.21.